The summed E-state index contributed by atoms with van der Waals surface area (Å²) in [5.41, 5.74) is 5.86. The van der Waals surface area contributed by atoms with E-state index in [2.05, 4.69) is 60.9 Å². The van der Waals surface area contributed by atoms with Crippen LogP contribution >= 0.6 is 0 Å². The van der Waals surface area contributed by atoms with E-state index in [4.69, 9.17) is 4.12 Å². The lowest BCUT2D eigenvalue weighted by atomic mass is 10.4. The normalized spacial score (nSPS) is 15.2. The van der Waals surface area contributed by atoms with Crippen molar-refractivity contribution in [1.29, 1.82) is 0 Å². The molecule has 136 valence electrons. The molecule has 0 spiro atoms. The molecule has 0 heterocycles. The molecule has 0 aromatic rings. The van der Waals surface area contributed by atoms with Crippen LogP contribution in [0.5, 0.6) is 0 Å². The fourth-order valence-electron chi connectivity index (χ4n) is 4.13. The van der Waals surface area contributed by atoms with E-state index in [1.807, 2.05) is 0 Å². The van der Waals surface area contributed by atoms with Crippen LogP contribution in [0.15, 0.2) is 48.6 Å². The summed E-state index contributed by atoms with van der Waals surface area (Å²) in [5.74, 6) is 0. The minimum absolute atomic E-state index is 0.791. The van der Waals surface area contributed by atoms with Crippen molar-refractivity contribution in [2.75, 3.05) is 0 Å². The summed E-state index contributed by atoms with van der Waals surface area (Å²) in [5, 5.41) is 0. The van der Waals surface area contributed by atoms with E-state index >= 15 is 0 Å². The minimum atomic E-state index is -1.91. The molecule has 0 N–H and O–H groups in total. The Morgan fingerprint density at radius 1 is 0.792 bits per heavy atom. The molecule has 24 heavy (non-hydrogen) atoms. The van der Waals surface area contributed by atoms with Crippen LogP contribution in [0.2, 0.25) is 35.8 Å². The van der Waals surface area contributed by atoms with E-state index in [1.165, 1.54) is 35.1 Å². The molecule has 0 amide bonds. The molecular weight excluding hydrogens is 324 g/mol. The lowest BCUT2D eigenvalue weighted by Gasteiger charge is -2.43. The van der Waals surface area contributed by atoms with Crippen molar-refractivity contribution in [2.45, 2.75) is 83.2 Å². The van der Waals surface area contributed by atoms with Crippen LogP contribution in [0, 0.1) is 0 Å². The van der Waals surface area contributed by atoms with E-state index in [1.54, 1.807) is 0 Å². The third kappa shape index (κ3) is 6.34. The SMILES string of the molecule is C=C(C)C[Si](CC)(CC(=C)C)O[Si](CC(=C)C)(CC(=C)C)C1CC1. The standard InChI is InChI=1S/C21H38OSi2/c1-10-23(13-17(2)3,14-18(4)5)22-24(15-19(6)7,16-20(8)9)21-11-12-21/h21H,2,4,6,8,10-16H2,1,3,5,7,9H3. The molecule has 1 rings (SSSR count). The van der Waals surface area contributed by atoms with Gasteiger partial charge in [-0.25, -0.2) is 0 Å². The first-order valence-electron chi connectivity index (χ1n) is 9.32. The summed E-state index contributed by atoms with van der Waals surface area (Å²) in [6, 6.07) is 5.44. The number of rotatable bonds is 12. The highest BCUT2D eigenvalue weighted by atomic mass is 28.4. The van der Waals surface area contributed by atoms with E-state index in [9.17, 15) is 0 Å². The van der Waals surface area contributed by atoms with Gasteiger partial charge in [0, 0.05) is 0 Å². The Balaban J connectivity index is 3.26. The van der Waals surface area contributed by atoms with Gasteiger partial charge in [-0.15, -0.1) is 26.3 Å². The first-order chi connectivity index (χ1) is 11.0. The van der Waals surface area contributed by atoms with Gasteiger partial charge in [-0.2, -0.15) is 0 Å². The summed E-state index contributed by atoms with van der Waals surface area (Å²) in [7, 11) is -3.80. The van der Waals surface area contributed by atoms with Crippen LogP contribution in [0.3, 0.4) is 0 Å². The fraction of sp³-hybridized carbons (Fsp3) is 0.619. The maximum Gasteiger partial charge on any atom is 0.190 e. The van der Waals surface area contributed by atoms with Gasteiger partial charge in [0.25, 0.3) is 0 Å². The van der Waals surface area contributed by atoms with Gasteiger partial charge in [-0.1, -0.05) is 42.1 Å². The van der Waals surface area contributed by atoms with Crippen molar-refractivity contribution in [3.8, 4) is 0 Å². The first kappa shape index (κ1) is 21.4. The lowest BCUT2D eigenvalue weighted by molar-refractivity contribution is 0.511. The van der Waals surface area contributed by atoms with Gasteiger partial charge in [-0.3, -0.25) is 0 Å². The second-order valence-electron chi connectivity index (χ2n) is 8.51. The Hall–Kier alpha value is -0.646. The Labute approximate surface area is 152 Å². The largest absolute Gasteiger partial charge is 0.454 e. The molecule has 0 aliphatic heterocycles. The van der Waals surface area contributed by atoms with Crippen molar-refractivity contribution in [2.24, 2.45) is 0 Å². The summed E-state index contributed by atoms with van der Waals surface area (Å²) in [6.45, 7) is 27.8. The maximum atomic E-state index is 7.38. The summed E-state index contributed by atoms with van der Waals surface area (Å²) >= 11 is 0. The molecule has 0 saturated heterocycles. The highest BCUT2D eigenvalue weighted by Gasteiger charge is 2.53. The Kier molecular flexibility index (Phi) is 7.70. The van der Waals surface area contributed by atoms with E-state index in [0.717, 1.165) is 35.8 Å². The smallest absolute Gasteiger partial charge is 0.190 e. The van der Waals surface area contributed by atoms with Crippen LogP contribution in [0.4, 0.5) is 0 Å². The number of allylic oxidation sites excluding steroid dienone is 4. The Morgan fingerprint density at radius 2 is 1.17 bits per heavy atom. The van der Waals surface area contributed by atoms with Crippen LogP contribution in [0.25, 0.3) is 0 Å². The van der Waals surface area contributed by atoms with Gasteiger partial charge < -0.3 is 4.12 Å². The van der Waals surface area contributed by atoms with E-state index in [-0.39, 0.29) is 0 Å². The molecular formula is C21H38OSi2. The molecule has 0 aromatic carbocycles. The molecule has 0 radical (unpaired) electrons. The molecule has 3 heteroatoms. The predicted octanol–water partition coefficient (Wildman–Crippen LogP) is 7.38. The molecule has 0 unspecified atom stereocenters. The summed E-state index contributed by atoms with van der Waals surface area (Å²) in [4.78, 5) is 0. The second kappa shape index (κ2) is 8.64. The topological polar surface area (TPSA) is 9.23 Å². The van der Waals surface area contributed by atoms with Crippen molar-refractivity contribution < 1.29 is 4.12 Å². The fourth-order valence-corrected chi connectivity index (χ4v) is 16.8. The van der Waals surface area contributed by atoms with Crippen molar-refractivity contribution >= 4 is 16.6 Å². The molecule has 1 fully saturated rings. The molecule has 0 bridgehead atoms. The van der Waals surface area contributed by atoms with Crippen LogP contribution in [-0.2, 0) is 4.12 Å². The Morgan fingerprint density at radius 3 is 1.42 bits per heavy atom. The molecule has 0 aromatic heterocycles. The van der Waals surface area contributed by atoms with Crippen LogP contribution < -0.4 is 0 Å². The summed E-state index contributed by atoms with van der Waals surface area (Å²) < 4.78 is 7.38. The van der Waals surface area contributed by atoms with Gasteiger partial charge in [0.1, 0.15) is 0 Å². The monoisotopic (exact) mass is 362 g/mol. The van der Waals surface area contributed by atoms with Gasteiger partial charge in [0.05, 0.1) is 0 Å². The van der Waals surface area contributed by atoms with Crippen LogP contribution in [-0.4, -0.2) is 16.6 Å². The molecule has 1 aliphatic rings. The highest BCUT2D eigenvalue weighted by molar-refractivity contribution is 6.89. The highest BCUT2D eigenvalue weighted by Crippen LogP contribution is 2.53. The van der Waals surface area contributed by atoms with Gasteiger partial charge in [0.2, 0.25) is 0 Å². The van der Waals surface area contributed by atoms with Gasteiger partial charge >= 0.3 is 0 Å². The summed E-state index contributed by atoms with van der Waals surface area (Å²) in [6.07, 6.45) is 2.67. The third-order valence-electron chi connectivity index (χ3n) is 4.84. The second-order valence-corrected chi connectivity index (χ2v) is 16.8. The van der Waals surface area contributed by atoms with E-state index in [0.29, 0.717) is 0 Å². The number of hydrogen-bond acceptors (Lipinski definition) is 1. The van der Waals surface area contributed by atoms with Gasteiger partial charge in [0.15, 0.2) is 16.6 Å². The third-order valence-corrected chi connectivity index (χ3v) is 16.4. The lowest BCUT2D eigenvalue weighted by Crippen LogP contribution is -2.52. The van der Waals surface area contributed by atoms with Crippen molar-refractivity contribution in [3.63, 3.8) is 0 Å². The zero-order chi connectivity index (χ0) is 18.5. The average Bonchev–Trinajstić information content (AvgIpc) is 3.19. The van der Waals surface area contributed by atoms with Crippen molar-refractivity contribution in [3.05, 3.63) is 48.6 Å². The molecule has 1 nitrogen and oxygen atoms in total. The molecule has 1 aliphatic carbocycles. The molecule has 1 saturated carbocycles. The maximum absolute atomic E-state index is 7.38. The average molecular weight is 363 g/mol. The zero-order valence-electron chi connectivity index (χ0n) is 16.8. The van der Waals surface area contributed by atoms with Crippen molar-refractivity contribution in [1.82, 2.24) is 0 Å². The Bertz CT molecular complexity index is 482. The van der Waals surface area contributed by atoms with Crippen LogP contribution in [0.1, 0.15) is 47.5 Å². The van der Waals surface area contributed by atoms with Gasteiger partial charge in [-0.05, 0) is 63.5 Å². The molecule has 0 atom stereocenters. The minimum Gasteiger partial charge on any atom is -0.454 e. The quantitative estimate of drug-likeness (QED) is 0.260. The zero-order valence-corrected chi connectivity index (χ0v) is 18.8. The van der Waals surface area contributed by atoms with E-state index < -0.39 is 16.6 Å². The first-order valence-corrected chi connectivity index (χ1v) is 14.2. The predicted molar refractivity (Wildman–Crippen MR) is 115 cm³/mol. The number of hydrogen-bond donors (Lipinski definition) is 0.